The predicted octanol–water partition coefficient (Wildman–Crippen LogP) is 2.27. The third-order valence-electron chi connectivity index (χ3n) is 1.80. The monoisotopic (exact) mass is 179 g/mol. The van der Waals surface area contributed by atoms with E-state index in [-0.39, 0.29) is 12.5 Å². The van der Waals surface area contributed by atoms with Crippen molar-refractivity contribution in [3.05, 3.63) is 35.9 Å². The smallest absolute Gasteiger partial charge is 0.0869 e. The Morgan fingerprint density at radius 1 is 1.31 bits per heavy atom. The normalized spacial score (nSPS) is 12.8. The van der Waals surface area contributed by atoms with Gasteiger partial charge in [0.1, 0.15) is 0 Å². The lowest BCUT2D eigenvalue weighted by atomic mass is 10.2. The van der Waals surface area contributed by atoms with Crippen molar-refractivity contribution in [2.24, 2.45) is 5.92 Å². The predicted molar refractivity (Wildman–Crippen MR) is 50.8 cm³/mol. The molecule has 2 nitrogen and oxygen atoms in total. The number of hydrogen-bond acceptors (Lipinski definition) is 1. The molecule has 0 saturated heterocycles. The van der Waals surface area contributed by atoms with Crippen LogP contribution >= 0.6 is 0 Å². The SMILES string of the molecule is CC(C[O])COCc1ccccc1. The van der Waals surface area contributed by atoms with E-state index in [4.69, 9.17) is 4.74 Å². The molecule has 1 aromatic rings. The van der Waals surface area contributed by atoms with Gasteiger partial charge >= 0.3 is 0 Å². The maximum Gasteiger partial charge on any atom is 0.0869 e. The average molecular weight is 179 g/mol. The summed E-state index contributed by atoms with van der Waals surface area (Å²) in [5, 5.41) is 10.4. The van der Waals surface area contributed by atoms with Gasteiger partial charge in [0.05, 0.1) is 19.8 Å². The van der Waals surface area contributed by atoms with Crippen molar-refractivity contribution in [2.75, 3.05) is 13.2 Å². The zero-order valence-electron chi connectivity index (χ0n) is 7.90. The van der Waals surface area contributed by atoms with Crippen LogP contribution in [0.3, 0.4) is 0 Å². The molecule has 1 radical (unpaired) electrons. The van der Waals surface area contributed by atoms with Gasteiger partial charge in [0.15, 0.2) is 0 Å². The van der Waals surface area contributed by atoms with Crippen LogP contribution in [0, 0.1) is 5.92 Å². The molecule has 0 aliphatic carbocycles. The minimum atomic E-state index is -0.0607. The quantitative estimate of drug-likeness (QED) is 0.681. The molecule has 0 aliphatic heterocycles. The molecule has 0 fully saturated rings. The Labute approximate surface area is 79.2 Å². The third kappa shape index (κ3) is 4.06. The van der Waals surface area contributed by atoms with Crippen LogP contribution in [-0.2, 0) is 16.5 Å². The molecule has 0 heterocycles. The molecule has 0 amide bonds. The van der Waals surface area contributed by atoms with Gasteiger partial charge in [0, 0.05) is 5.92 Å². The molecule has 2 heteroatoms. The van der Waals surface area contributed by atoms with Crippen LogP contribution in [0.1, 0.15) is 12.5 Å². The first-order valence-corrected chi connectivity index (χ1v) is 4.52. The van der Waals surface area contributed by atoms with Crippen LogP contribution in [-0.4, -0.2) is 13.2 Å². The summed E-state index contributed by atoms with van der Waals surface area (Å²) in [6.07, 6.45) is 0. The van der Waals surface area contributed by atoms with Gasteiger partial charge in [-0.25, -0.2) is 5.11 Å². The second-order valence-electron chi connectivity index (χ2n) is 3.27. The van der Waals surface area contributed by atoms with Crippen LogP contribution < -0.4 is 0 Å². The lowest BCUT2D eigenvalue weighted by Gasteiger charge is -2.07. The Balaban J connectivity index is 2.20. The van der Waals surface area contributed by atoms with Gasteiger partial charge < -0.3 is 4.74 Å². The van der Waals surface area contributed by atoms with Gasteiger partial charge in [-0.2, -0.15) is 0 Å². The van der Waals surface area contributed by atoms with Crippen molar-refractivity contribution in [1.82, 2.24) is 0 Å². The number of hydrogen-bond donors (Lipinski definition) is 0. The summed E-state index contributed by atoms with van der Waals surface area (Å²) in [5.41, 5.74) is 1.15. The molecular formula is C11H15O2. The topological polar surface area (TPSA) is 29.1 Å². The summed E-state index contributed by atoms with van der Waals surface area (Å²) in [6.45, 7) is 3.00. The minimum Gasteiger partial charge on any atom is -0.376 e. The Kier molecular flexibility index (Phi) is 4.50. The summed E-state index contributed by atoms with van der Waals surface area (Å²) in [5.74, 6) is 0.115. The Morgan fingerprint density at radius 3 is 2.62 bits per heavy atom. The number of ether oxygens (including phenoxy) is 1. The molecule has 1 aromatic carbocycles. The van der Waals surface area contributed by atoms with Crippen LogP contribution in [0.15, 0.2) is 30.3 Å². The Hall–Kier alpha value is -0.860. The fourth-order valence-electron chi connectivity index (χ4n) is 1.00. The van der Waals surface area contributed by atoms with Crippen LogP contribution in [0.25, 0.3) is 0 Å². The maximum atomic E-state index is 10.4. The largest absolute Gasteiger partial charge is 0.376 e. The van der Waals surface area contributed by atoms with E-state index in [9.17, 15) is 5.11 Å². The van der Waals surface area contributed by atoms with Gasteiger partial charge in [-0.1, -0.05) is 37.3 Å². The molecular weight excluding hydrogens is 164 g/mol. The molecule has 0 N–H and O–H groups in total. The second-order valence-corrected chi connectivity index (χ2v) is 3.27. The number of rotatable bonds is 5. The van der Waals surface area contributed by atoms with Crippen molar-refractivity contribution >= 4 is 0 Å². The molecule has 0 aliphatic rings. The van der Waals surface area contributed by atoms with Gasteiger partial charge in [-0.15, -0.1) is 0 Å². The van der Waals surface area contributed by atoms with Crippen molar-refractivity contribution in [3.8, 4) is 0 Å². The minimum absolute atomic E-state index is 0.0607. The van der Waals surface area contributed by atoms with Gasteiger partial charge in [0.25, 0.3) is 0 Å². The summed E-state index contributed by atoms with van der Waals surface area (Å²) >= 11 is 0. The first kappa shape index (κ1) is 10.2. The average Bonchev–Trinajstić information content (AvgIpc) is 2.19. The molecule has 0 aromatic heterocycles. The standard InChI is InChI=1S/C11H15O2/c1-10(7-12)8-13-9-11-5-3-2-4-6-11/h2-6,10H,7-9H2,1H3. The third-order valence-corrected chi connectivity index (χ3v) is 1.80. The maximum absolute atomic E-state index is 10.4. The fourth-order valence-corrected chi connectivity index (χ4v) is 1.00. The van der Waals surface area contributed by atoms with Gasteiger partial charge in [-0.3, -0.25) is 0 Å². The van der Waals surface area contributed by atoms with E-state index in [1.54, 1.807) is 0 Å². The molecule has 0 saturated carbocycles. The van der Waals surface area contributed by atoms with Crippen LogP contribution in [0.4, 0.5) is 0 Å². The van der Waals surface area contributed by atoms with E-state index in [1.807, 2.05) is 37.3 Å². The van der Waals surface area contributed by atoms with Crippen molar-refractivity contribution in [1.29, 1.82) is 0 Å². The van der Waals surface area contributed by atoms with Crippen molar-refractivity contribution in [2.45, 2.75) is 13.5 Å². The Bertz CT molecular complexity index is 221. The van der Waals surface area contributed by atoms with Gasteiger partial charge in [0.2, 0.25) is 0 Å². The second kappa shape index (κ2) is 5.73. The first-order valence-electron chi connectivity index (χ1n) is 4.52. The van der Waals surface area contributed by atoms with E-state index < -0.39 is 0 Å². The zero-order valence-corrected chi connectivity index (χ0v) is 7.90. The van der Waals surface area contributed by atoms with Crippen molar-refractivity contribution in [3.63, 3.8) is 0 Å². The van der Waals surface area contributed by atoms with Crippen LogP contribution in [0.5, 0.6) is 0 Å². The molecule has 1 rings (SSSR count). The van der Waals surface area contributed by atoms with Crippen LogP contribution in [0.2, 0.25) is 0 Å². The first-order chi connectivity index (χ1) is 6.33. The summed E-state index contributed by atoms with van der Waals surface area (Å²) in [6, 6.07) is 9.97. The highest BCUT2D eigenvalue weighted by atomic mass is 16.5. The number of benzene rings is 1. The molecule has 0 bridgehead atoms. The van der Waals surface area contributed by atoms with Crippen molar-refractivity contribution < 1.29 is 9.84 Å². The summed E-state index contributed by atoms with van der Waals surface area (Å²) < 4.78 is 5.37. The van der Waals surface area contributed by atoms with E-state index in [1.165, 1.54) is 0 Å². The molecule has 71 valence electrons. The lowest BCUT2D eigenvalue weighted by molar-refractivity contribution is 0.0511. The summed E-state index contributed by atoms with van der Waals surface area (Å²) in [4.78, 5) is 0. The fraction of sp³-hybridized carbons (Fsp3) is 0.455. The zero-order chi connectivity index (χ0) is 9.52. The van der Waals surface area contributed by atoms with E-state index >= 15 is 0 Å². The highest BCUT2D eigenvalue weighted by Gasteiger charge is 2.00. The van der Waals surface area contributed by atoms with E-state index in [0.29, 0.717) is 13.2 Å². The highest BCUT2D eigenvalue weighted by Crippen LogP contribution is 2.02. The lowest BCUT2D eigenvalue weighted by Crippen LogP contribution is -2.08. The van der Waals surface area contributed by atoms with E-state index in [0.717, 1.165) is 5.56 Å². The highest BCUT2D eigenvalue weighted by molar-refractivity contribution is 5.13. The molecule has 13 heavy (non-hydrogen) atoms. The van der Waals surface area contributed by atoms with Gasteiger partial charge in [-0.05, 0) is 5.56 Å². The molecule has 1 atom stereocenters. The molecule has 1 unspecified atom stereocenters. The van der Waals surface area contributed by atoms with E-state index in [2.05, 4.69) is 0 Å². The summed E-state index contributed by atoms with van der Waals surface area (Å²) in [7, 11) is 0. The molecule has 0 spiro atoms. The Morgan fingerprint density at radius 2 is 2.00 bits per heavy atom.